The molecule has 0 saturated heterocycles. The number of aromatic nitrogens is 1. The van der Waals surface area contributed by atoms with Crippen molar-refractivity contribution in [2.24, 2.45) is 0 Å². The third kappa shape index (κ3) is 4.91. The van der Waals surface area contributed by atoms with Crippen molar-refractivity contribution in [2.75, 3.05) is 7.11 Å². The smallest absolute Gasteiger partial charge is 0.347 e. The van der Waals surface area contributed by atoms with Crippen LogP contribution in [0, 0.1) is 13.8 Å². The van der Waals surface area contributed by atoms with Gasteiger partial charge < -0.3 is 19.3 Å². The lowest BCUT2D eigenvalue weighted by atomic mass is 10.1. The molecule has 0 atom stereocenters. The van der Waals surface area contributed by atoms with Crippen molar-refractivity contribution in [3.8, 4) is 28.5 Å². The fraction of sp³-hybridized carbons (Fsp3) is 0.304. The molecule has 0 amide bonds. The molecule has 158 valence electrons. The highest BCUT2D eigenvalue weighted by molar-refractivity contribution is 7.09. The van der Waals surface area contributed by atoms with Gasteiger partial charge in [-0.25, -0.2) is 9.78 Å². The van der Waals surface area contributed by atoms with Crippen molar-refractivity contribution < 1.29 is 24.1 Å². The van der Waals surface area contributed by atoms with Crippen molar-refractivity contribution in [1.82, 2.24) is 4.98 Å². The van der Waals surface area contributed by atoms with Gasteiger partial charge in [-0.2, -0.15) is 0 Å². The topological polar surface area (TPSA) is 77.9 Å². The van der Waals surface area contributed by atoms with Crippen LogP contribution < -0.4 is 14.2 Å². The summed E-state index contributed by atoms with van der Waals surface area (Å²) in [6, 6.07) is 11.5. The van der Waals surface area contributed by atoms with E-state index in [9.17, 15) is 9.90 Å². The first-order valence-electron chi connectivity index (χ1n) is 9.45. The van der Waals surface area contributed by atoms with Crippen LogP contribution in [-0.2, 0) is 11.4 Å². The van der Waals surface area contributed by atoms with E-state index in [-0.39, 0.29) is 0 Å². The zero-order valence-corrected chi connectivity index (χ0v) is 18.5. The monoisotopic (exact) mass is 427 g/mol. The lowest BCUT2D eigenvalue weighted by Crippen LogP contribution is -2.38. The molecule has 0 fully saturated rings. The van der Waals surface area contributed by atoms with E-state index in [1.54, 1.807) is 7.11 Å². The molecule has 0 spiro atoms. The van der Waals surface area contributed by atoms with Crippen LogP contribution in [0.4, 0.5) is 0 Å². The van der Waals surface area contributed by atoms with E-state index >= 15 is 0 Å². The number of carboxylic acid groups (broad SMARTS) is 1. The minimum atomic E-state index is -1.31. The van der Waals surface area contributed by atoms with Gasteiger partial charge in [0, 0.05) is 10.9 Å². The molecular formula is C23H25NO5S. The van der Waals surface area contributed by atoms with Crippen LogP contribution in [0.5, 0.6) is 17.2 Å². The average molecular weight is 428 g/mol. The molecule has 0 unspecified atom stereocenters. The van der Waals surface area contributed by atoms with Gasteiger partial charge in [-0.3, -0.25) is 0 Å². The number of hydrogen-bond donors (Lipinski definition) is 1. The first-order valence-corrected chi connectivity index (χ1v) is 10.3. The highest BCUT2D eigenvalue weighted by Gasteiger charge is 2.30. The SMILES string of the molecule is COc1cccc(-c2csc(COc3cc(C)c(OC(C)(C)C(=O)O)c(C)c3)n2)c1. The molecule has 6 nitrogen and oxygen atoms in total. The Balaban J connectivity index is 1.71. The summed E-state index contributed by atoms with van der Waals surface area (Å²) in [7, 11) is 1.64. The predicted octanol–water partition coefficient (Wildman–Crippen LogP) is 5.26. The standard InChI is InChI=1S/C23H25NO5S/c1-14-9-18(10-15(2)21(14)29-23(3,4)22(25)26)28-12-20-24-19(13-30-20)16-7-6-8-17(11-16)27-5/h6-11,13H,12H2,1-5H3,(H,25,26). The van der Waals surface area contributed by atoms with Gasteiger partial charge in [0.1, 0.15) is 28.9 Å². The van der Waals surface area contributed by atoms with E-state index in [1.807, 2.05) is 55.6 Å². The van der Waals surface area contributed by atoms with Crippen LogP contribution in [0.25, 0.3) is 11.3 Å². The summed E-state index contributed by atoms with van der Waals surface area (Å²) in [4.78, 5) is 16.0. The maximum absolute atomic E-state index is 11.4. The largest absolute Gasteiger partial charge is 0.497 e. The maximum atomic E-state index is 11.4. The molecule has 7 heteroatoms. The van der Waals surface area contributed by atoms with Gasteiger partial charge in [-0.1, -0.05) is 12.1 Å². The van der Waals surface area contributed by atoms with Gasteiger partial charge in [0.05, 0.1) is 12.8 Å². The number of ether oxygens (including phenoxy) is 3. The van der Waals surface area contributed by atoms with E-state index < -0.39 is 11.6 Å². The molecule has 1 aromatic heterocycles. The number of methoxy groups -OCH3 is 1. The van der Waals surface area contributed by atoms with E-state index in [2.05, 4.69) is 4.98 Å². The fourth-order valence-electron chi connectivity index (χ4n) is 2.89. The molecule has 3 aromatic rings. The number of hydrogen-bond acceptors (Lipinski definition) is 6. The van der Waals surface area contributed by atoms with Crippen LogP contribution in [0.15, 0.2) is 41.8 Å². The second-order valence-corrected chi connectivity index (χ2v) is 8.39. The van der Waals surface area contributed by atoms with Crippen molar-refractivity contribution in [1.29, 1.82) is 0 Å². The summed E-state index contributed by atoms with van der Waals surface area (Å²) >= 11 is 1.53. The van der Waals surface area contributed by atoms with E-state index in [0.29, 0.717) is 18.1 Å². The first-order chi connectivity index (χ1) is 14.2. The highest BCUT2D eigenvalue weighted by atomic mass is 32.1. The van der Waals surface area contributed by atoms with Crippen molar-refractivity contribution >= 4 is 17.3 Å². The summed E-state index contributed by atoms with van der Waals surface area (Å²) in [6.45, 7) is 7.14. The van der Waals surface area contributed by atoms with Gasteiger partial charge in [0.2, 0.25) is 0 Å². The Morgan fingerprint density at radius 2 is 1.83 bits per heavy atom. The highest BCUT2D eigenvalue weighted by Crippen LogP contribution is 2.32. The Hall–Kier alpha value is -3.06. The lowest BCUT2D eigenvalue weighted by molar-refractivity contribution is -0.152. The van der Waals surface area contributed by atoms with Gasteiger partial charge in [-0.05, 0) is 63.1 Å². The second-order valence-electron chi connectivity index (χ2n) is 7.45. The van der Waals surface area contributed by atoms with E-state index in [4.69, 9.17) is 14.2 Å². The number of aliphatic carboxylic acids is 1. The van der Waals surface area contributed by atoms with Crippen LogP contribution in [0.2, 0.25) is 0 Å². The third-order valence-electron chi connectivity index (χ3n) is 4.59. The third-order valence-corrected chi connectivity index (χ3v) is 5.41. The summed E-state index contributed by atoms with van der Waals surface area (Å²) in [5.74, 6) is 1.02. The van der Waals surface area contributed by atoms with Gasteiger partial charge in [0.15, 0.2) is 5.60 Å². The fourth-order valence-corrected chi connectivity index (χ4v) is 3.61. The number of aryl methyl sites for hydroxylation is 2. The number of benzene rings is 2. The number of carboxylic acids is 1. The molecule has 0 aliphatic carbocycles. The van der Waals surface area contributed by atoms with Gasteiger partial charge >= 0.3 is 5.97 Å². The van der Waals surface area contributed by atoms with Crippen molar-refractivity contribution in [3.05, 3.63) is 57.9 Å². The quantitative estimate of drug-likeness (QED) is 0.529. The maximum Gasteiger partial charge on any atom is 0.347 e. The number of nitrogens with zero attached hydrogens (tertiary/aromatic N) is 1. The minimum absolute atomic E-state index is 0.342. The zero-order chi connectivity index (χ0) is 21.9. The molecule has 3 rings (SSSR count). The Kier molecular flexibility index (Phi) is 6.31. The van der Waals surface area contributed by atoms with Crippen LogP contribution in [0.1, 0.15) is 30.0 Å². The van der Waals surface area contributed by atoms with Gasteiger partial charge in [-0.15, -0.1) is 11.3 Å². The van der Waals surface area contributed by atoms with Crippen molar-refractivity contribution in [3.63, 3.8) is 0 Å². The molecule has 0 bridgehead atoms. The van der Waals surface area contributed by atoms with Crippen LogP contribution in [0.3, 0.4) is 0 Å². The number of thiazole rings is 1. The molecule has 2 aromatic carbocycles. The summed E-state index contributed by atoms with van der Waals surface area (Å²) < 4.78 is 16.9. The van der Waals surface area contributed by atoms with Crippen molar-refractivity contribution in [2.45, 2.75) is 39.9 Å². The summed E-state index contributed by atoms with van der Waals surface area (Å²) in [6.07, 6.45) is 0. The van der Waals surface area contributed by atoms with E-state index in [0.717, 1.165) is 33.1 Å². The molecule has 0 radical (unpaired) electrons. The normalized spacial score (nSPS) is 11.2. The number of carbonyl (C=O) groups is 1. The molecule has 0 saturated carbocycles. The Bertz CT molecular complexity index is 1030. The molecule has 0 aliphatic heterocycles. The molecular weight excluding hydrogens is 402 g/mol. The Morgan fingerprint density at radius 3 is 2.47 bits per heavy atom. The van der Waals surface area contributed by atoms with Crippen LogP contribution in [-0.4, -0.2) is 28.8 Å². The zero-order valence-electron chi connectivity index (χ0n) is 17.7. The molecule has 1 heterocycles. The molecule has 30 heavy (non-hydrogen) atoms. The van der Waals surface area contributed by atoms with Gasteiger partial charge in [0.25, 0.3) is 0 Å². The Morgan fingerprint density at radius 1 is 1.13 bits per heavy atom. The number of rotatable bonds is 8. The summed E-state index contributed by atoms with van der Waals surface area (Å²) in [5, 5.41) is 12.2. The Labute approximate surface area is 180 Å². The average Bonchev–Trinajstić information content (AvgIpc) is 3.18. The summed E-state index contributed by atoms with van der Waals surface area (Å²) in [5.41, 5.74) is 2.19. The predicted molar refractivity (Wildman–Crippen MR) is 117 cm³/mol. The second kappa shape index (κ2) is 8.75. The van der Waals surface area contributed by atoms with Crippen LogP contribution >= 0.6 is 11.3 Å². The first kappa shape index (κ1) is 21.6. The lowest BCUT2D eigenvalue weighted by Gasteiger charge is -2.24. The van der Waals surface area contributed by atoms with E-state index in [1.165, 1.54) is 25.2 Å². The molecule has 0 aliphatic rings. The minimum Gasteiger partial charge on any atom is -0.497 e. The molecule has 1 N–H and O–H groups in total.